The van der Waals surface area contributed by atoms with Gasteiger partial charge in [0.15, 0.2) is 0 Å². The summed E-state index contributed by atoms with van der Waals surface area (Å²) >= 11 is 1.64. The molecule has 24 heavy (non-hydrogen) atoms. The molecule has 0 aliphatic rings. The van der Waals surface area contributed by atoms with Crippen molar-refractivity contribution in [3.63, 3.8) is 0 Å². The minimum Gasteiger partial charge on any atom is -0.505 e. The van der Waals surface area contributed by atoms with Crippen molar-refractivity contribution in [2.24, 2.45) is 0 Å². The fourth-order valence-electron chi connectivity index (χ4n) is 2.73. The highest BCUT2D eigenvalue weighted by atomic mass is 32.1. The van der Waals surface area contributed by atoms with E-state index in [2.05, 4.69) is 15.3 Å². The summed E-state index contributed by atoms with van der Waals surface area (Å²) in [6.45, 7) is 0. The number of aromatic hydroxyl groups is 1. The monoisotopic (exact) mass is 333 g/mol. The predicted molar refractivity (Wildman–Crippen MR) is 97.4 cm³/mol. The van der Waals surface area contributed by atoms with Gasteiger partial charge in [0.05, 0.1) is 6.04 Å². The molecule has 0 aliphatic carbocycles. The summed E-state index contributed by atoms with van der Waals surface area (Å²) in [6, 6.07) is 17.3. The second-order valence-corrected chi connectivity index (χ2v) is 6.37. The Morgan fingerprint density at radius 3 is 2.62 bits per heavy atom. The van der Waals surface area contributed by atoms with Crippen molar-refractivity contribution in [3.05, 3.63) is 82.8 Å². The molecule has 0 aliphatic heterocycles. The van der Waals surface area contributed by atoms with E-state index in [9.17, 15) is 5.11 Å². The molecule has 4 aromatic rings. The maximum atomic E-state index is 10.8. The van der Waals surface area contributed by atoms with Gasteiger partial charge in [-0.15, -0.1) is 11.3 Å². The molecule has 0 fully saturated rings. The van der Waals surface area contributed by atoms with Crippen molar-refractivity contribution in [3.8, 4) is 5.75 Å². The molecule has 0 spiro atoms. The number of nitrogens with zero attached hydrogens (tertiary/aromatic N) is 2. The molecule has 118 valence electrons. The molecular formula is C19H15N3OS. The zero-order chi connectivity index (χ0) is 16.4. The number of phenolic OH excluding ortho intramolecular Hbond substituents is 1. The van der Waals surface area contributed by atoms with Crippen molar-refractivity contribution >= 4 is 28.1 Å². The first-order valence-corrected chi connectivity index (χ1v) is 8.48. The molecule has 4 nitrogen and oxygen atoms in total. The Hall–Kier alpha value is -2.92. The molecule has 0 unspecified atom stereocenters. The molecule has 1 aromatic carbocycles. The van der Waals surface area contributed by atoms with Gasteiger partial charge in [0, 0.05) is 28.2 Å². The van der Waals surface area contributed by atoms with Crippen LogP contribution in [0.25, 0.3) is 10.9 Å². The zero-order valence-electron chi connectivity index (χ0n) is 12.8. The molecule has 0 saturated carbocycles. The van der Waals surface area contributed by atoms with Gasteiger partial charge < -0.3 is 10.4 Å². The van der Waals surface area contributed by atoms with Crippen LogP contribution in [0.3, 0.4) is 0 Å². The smallest absolute Gasteiger partial charge is 0.147 e. The summed E-state index contributed by atoms with van der Waals surface area (Å²) < 4.78 is 0. The normalized spacial score (nSPS) is 12.2. The highest BCUT2D eigenvalue weighted by molar-refractivity contribution is 7.10. The Bertz CT molecular complexity index is 955. The van der Waals surface area contributed by atoms with Crippen molar-refractivity contribution in [1.29, 1.82) is 0 Å². The van der Waals surface area contributed by atoms with Crippen LogP contribution >= 0.6 is 11.3 Å². The van der Waals surface area contributed by atoms with Crippen LogP contribution in [0.2, 0.25) is 0 Å². The Labute approximate surface area is 143 Å². The van der Waals surface area contributed by atoms with Crippen LogP contribution in [-0.4, -0.2) is 15.1 Å². The molecule has 0 radical (unpaired) electrons. The highest BCUT2D eigenvalue weighted by Gasteiger charge is 2.21. The Morgan fingerprint density at radius 1 is 0.917 bits per heavy atom. The van der Waals surface area contributed by atoms with Crippen molar-refractivity contribution in [1.82, 2.24) is 9.97 Å². The van der Waals surface area contributed by atoms with E-state index in [1.54, 1.807) is 23.7 Å². The van der Waals surface area contributed by atoms with Gasteiger partial charge in [0.25, 0.3) is 0 Å². The maximum Gasteiger partial charge on any atom is 0.147 e. The summed E-state index contributed by atoms with van der Waals surface area (Å²) in [5.74, 6) is 0.964. The Balaban J connectivity index is 1.83. The van der Waals surface area contributed by atoms with E-state index >= 15 is 0 Å². The van der Waals surface area contributed by atoms with E-state index in [-0.39, 0.29) is 11.8 Å². The lowest BCUT2D eigenvalue weighted by Gasteiger charge is -2.20. The summed E-state index contributed by atoms with van der Waals surface area (Å²) in [5, 5.41) is 17.1. The van der Waals surface area contributed by atoms with Gasteiger partial charge in [0.2, 0.25) is 0 Å². The molecule has 1 atom stereocenters. The van der Waals surface area contributed by atoms with Crippen molar-refractivity contribution in [2.45, 2.75) is 6.04 Å². The number of rotatable bonds is 4. The van der Waals surface area contributed by atoms with Crippen molar-refractivity contribution in [2.75, 3.05) is 5.32 Å². The topological polar surface area (TPSA) is 58.0 Å². The number of phenols is 1. The van der Waals surface area contributed by atoms with Gasteiger partial charge in [-0.05, 0) is 29.6 Å². The Kier molecular flexibility index (Phi) is 3.84. The third kappa shape index (κ3) is 2.70. The number of pyridine rings is 2. The molecular weight excluding hydrogens is 318 g/mol. The molecule has 0 bridgehead atoms. The van der Waals surface area contributed by atoms with Crippen molar-refractivity contribution < 1.29 is 5.11 Å². The third-order valence-corrected chi connectivity index (χ3v) is 4.81. The summed E-state index contributed by atoms with van der Waals surface area (Å²) in [7, 11) is 0. The SMILES string of the molecule is Oc1c([C@@H](Nc2ccccn2)c2cccs2)ccc2cccnc12. The number of benzene rings is 1. The average Bonchev–Trinajstić information content (AvgIpc) is 3.16. The Morgan fingerprint density at radius 2 is 1.83 bits per heavy atom. The highest BCUT2D eigenvalue weighted by Crippen LogP contribution is 2.37. The van der Waals surface area contributed by atoms with E-state index in [0.717, 1.165) is 21.6 Å². The van der Waals surface area contributed by atoms with Crippen LogP contribution in [0.5, 0.6) is 5.75 Å². The van der Waals surface area contributed by atoms with Gasteiger partial charge in [-0.2, -0.15) is 0 Å². The van der Waals surface area contributed by atoms with Crippen LogP contribution in [0.4, 0.5) is 5.82 Å². The van der Waals surface area contributed by atoms with Gasteiger partial charge >= 0.3 is 0 Å². The number of hydrogen-bond acceptors (Lipinski definition) is 5. The lowest BCUT2D eigenvalue weighted by atomic mass is 10.0. The number of thiophene rings is 1. The minimum atomic E-state index is -0.189. The van der Waals surface area contributed by atoms with Crippen LogP contribution < -0.4 is 5.32 Å². The van der Waals surface area contributed by atoms with E-state index in [0.29, 0.717) is 5.52 Å². The number of anilines is 1. The lowest BCUT2D eigenvalue weighted by Crippen LogP contribution is -2.12. The molecule has 5 heteroatoms. The number of aromatic nitrogens is 2. The maximum absolute atomic E-state index is 10.8. The summed E-state index contributed by atoms with van der Waals surface area (Å²) in [6.07, 6.45) is 3.44. The van der Waals surface area contributed by atoms with Crippen LogP contribution in [0.15, 0.2) is 72.4 Å². The van der Waals surface area contributed by atoms with Crippen LogP contribution in [-0.2, 0) is 0 Å². The van der Waals surface area contributed by atoms with E-state index in [1.165, 1.54) is 0 Å². The number of fused-ring (bicyclic) bond motifs is 1. The largest absolute Gasteiger partial charge is 0.505 e. The third-order valence-electron chi connectivity index (χ3n) is 3.87. The van der Waals surface area contributed by atoms with Crippen LogP contribution in [0, 0.1) is 0 Å². The molecule has 3 aromatic heterocycles. The number of nitrogens with one attached hydrogen (secondary N) is 1. The fraction of sp³-hybridized carbons (Fsp3) is 0.0526. The summed E-state index contributed by atoms with van der Waals surface area (Å²) in [4.78, 5) is 9.77. The number of hydrogen-bond donors (Lipinski definition) is 2. The van der Waals surface area contributed by atoms with E-state index < -0.39 is 0 Å². The predicted octanol–water partition coefficient (Wildman–Crippen LogP) is 4.60. The van der Waals surface area contributed by atoms with Gasteiger partial charge in [0.1, 0.15) is 17.1 Å². The molecule has 3 heterocycles. The standard InChI is InChI=1S/C19H15N3OS/c23-19-14(9-8-13-5-3-11-21-17(13)19)18(15-6-4-12-24-15)22-16-7-1-2-10-20-16/h1-12,18,23H,(H,20,22)/t18-/m1/s1. The zero-order valence-corrected chi connectivity index (χ0v) is 13.6. The summed E-state index contributed by atoms with van der Waals surface area (Å²) in [5.41, 5.74) is 1.40. The second kappa shape index (κ2) is 6.29. The quantitative estimate of drug-likeness (QED) is 0.573. The molecule has 4 rings (SSSR count). The molecule has 2 N–H and O–H groups in total. The molecule has 0 saturated heterocycles. The van der Waals surface area contributed by atoms with E-state index in [4.69, 9.17) is 0 Å². The van der Waals surface area contributed by atoms with E-state index in [1.807, 2.05) is 60.0 Å². The van der Waals surface area contributed by atoms with Crippen LogP contribution in [0.1, 0.15) is 16.5 Å². The average molecular weight is 333 g/mol. The second-order valence-electron chi connectivity index (χ2n) is 5.39. The van der Waals surface area contributed by atoms with Gasteiger partial charge in [-0.1, -0.05) is 30.3 Å². The lowest BCUT2D eigenvalue weighted by molar-refractivity contribution is 0.472. The van der Waals surface area contributed by atoms with Gasteiger partial charge in [-0.25, -0.2) is 4.98 Å². The first-order valence-electron chi connectivity index (χ1n) is 7.60. The first kappa shape index (κ1) is 14.7. The first-order chi connectivity index (χ1) is 11.8. The fourth-order valence-corrected chi connectivity index (χ4v) is 3.53. The molecule has 0 amide bonds. The minimum absolute atomic E-state index is 0.189. The van der Waals surface area contributed by atoms with Gasteiger partial charge in [-0.3, -0.25) is 4.98 Å².